The Balaban J connectivity index is 1.76. The third kappa shape index (κ3) is 4.19. The average molecular weight is 255 g/mol. The Morgan fingerprint density at radius 1 is 1.17 bits per heavy atom. The summed E-state index contributed by atoms with van der Waals surface area (Å²) in [4.78, 5) is 5.28. The van der Waals surface area contributed by atoms with Gasteiger partial charge < -0.3 is 15.4 Å². The fourth-order valence-electron chi connectivity index (χ4n) is 3.10. The summed E-state index contributed by atoms with van der Waals surface area (Å²) in [7, 11) is 0. The van der Waals surface area contributed by atoms with E-state index in [2.05, 4.69) is 16.7 Å². The molecule has 0 saturated carbocycles. The topological polar surface area (TPSA) is 41.7 Å². The van der Waals surface area contributed by atoms with Crippen LogP contribution in [0.15, 0.2) is 0 Å². The van der Waals surface area contributed by atoms with Gasteiger partial charge in [0.05, 0.1) is 0 Å². The maximum atomic E-state index is 5.72. The maximum Gasteiger partial charge on any atom is 0.0480 e. The zero-order valence-electron chi connectivity index (χ0n) is 11.8. The number of hydrogen-bond donors (Lipinski definition) is 1. The molecule has 106 valence electrons. The van der Waals surface area contributed by atoms with Crippen molar-refractivity contribution in [3.63, 3.8) is 0 Å². The molecule has 0 aromatic rings. The third-order valence-corrected chi connectivity index (χ3v) is 4.30. The first-order valence-corrected chi connectivity index (χ1v) is 7.54. The van der Waals surface area contributed by atoms with E-state index in [0.717, 1.165) is 32.3 Å². The Morgan fingerprint density at radius 3 is 2.67 bits per heavy atom. The molecule has 0 bridgehead atoms. The van der Waals surface area contributed by atoms with Gasteiger partial charge in [0, 0.05) is 38.9 Å². The summed E-state index contributed by atoms with van der Waals surface area (Å²) in [5.74, 6) is 0.625. The van der Waals surface area contributed by atoms with Crippen molar-refractivity contribution in [2.24, 2.45) is 11.7 Å². The summed E-state index contributed by atoms with van der Waals surface area (Å²) >= 11 is 0. The fourth-order valence-corrected chi connectivity index (χ4v) is 3.10. The summed E-state index contributed by atoms with van der Waals surface area (Å²) in [6.45, 7) is 11.1. The zero-order chi connectivity index (χ0) is 12.8. The van der Waals surface area contributed by atoms with Gasteiger partial charge in [-0.2, -0.15) is 0 Å². The lowest BCUT2D eigenvalue weighted by atomic mass is 10.1. The molecule has 4 heteroatoms. The first kappa shape index (κ1) is 14.3. The highest BCUT2D eigenvalue weighted by atomic mass is 16.5. The van der Waals surface area contributed by atoms with Crippen molar-refractivity contribution >= 4 is 0 Å². The molecule has 2 N–H and O–H groups in total. The van der Waals surface area contributed by atoms with E-state index < -0.39 is 0 Å². The minimum Gasteiger partial charge on any atom is -0.381 e. The van der Waals surface area contributed by atoms with Crippen LogP contribution in [0, 0.1) is 5.92 Å². The van der Waals surface area contributed by atoms with Crippen LogP contribution in [0.5, 0.6) is 0 Å². The molecule has 18 heavy (non-hydrogen) atoms. The van der Waals surface area contributed by atoms with Crippen LogP contribution in [0.2, 0.25) is 0 Å². The van der Waals surface area contributed by atoms with Gasteiger partial charge in [0.15, 0.2) is 0 Å². The predicted molar refractivity (Wildman–Crippen MR) is 74.7 cm³/mol. The summed E-state index contributed by atoms with van der Waals surface area (Å²) in [5, 5.41) is 0. The van der Waals surface area contributed by atoms with Gasteiger partial charge in [-0.05, 0) is 44.8 Å². The smallest absolute Gasteiger partial charge is 0.0480 e. The molecule has 0 amide bonds. The molecule has 2 aliphatic rings. The first-order valence-electron chi connectivity index (χ1n) is 7.54. The van der Waals surface area contributed by atoms with Crippen molar-refractivity contribution in [3.8, 4) is 0 Å². The molecular formula is C14H29N3O. The SMILES string of the molecule is CC(CN)CN1CCCN(C2CCOCC2)CC1. The van der Waals surface area contributed by atoms with Crippen LogP contribution in [-0.4, -0.2) is 68.3 Å². The van der Waals surface area contributed by atoms with Crippen LogP contribution in [0.25, 0.3) is 0 Å². The maximum absolute atomic E-state index is 5.72. The van der Waals surface area contributed by atoms with E-state index >= 15 is 0 Å². The molecule has 0 aliphatic carbocycles. The molecular weight excluding hydrogens is 226 g/mol. The number of nitrogens with zero attached hydrogens (tertiary/aromatic N) is 2. The molecule has 2 saturated heterocycles. The Hall–Kier alpha value is -0.160. The largest absolute Gasteiger partial charge is 0.381 e. The molecule has 2 heterocycles. The highest BCUT2D eigenvalue weighted by Gasteiger charge is 2.24. The molecule has 0 aromatic heterocycles. The van der Waals surface area contributed by atoms with Gasteiger partial charge in [0.2, 0.25) is 0 Å². The fraction of sp³-hybridized carbons (Fsp3) is 1.00. The lowest BCUT2D eigenvalue weighted by Gasteiger charge is -2.33. The van der Waals surface area contributed by atoms with Crippen LogP contribution in [0.3, 0.4) is 0 Å². The first-order chi connectivity index (χ1) is 8.79. The van der Waals surface area contributed by atoms with Crippen molar-refractivity contribution in [1.29, 1.82) is 0 Å². The molecule has 2 aliphatic heterocycles. The minimum absolute atomic E-state index is 0.625. The van der Waals surface area contributed by atoms with Crippen molar-refractivity contribution in [1.82, 2.24) is 9.80 Å². The molecule has 0 radical (unpaired) electrons. The Labute approximate surface area is 111 Å². The summed E-state index contributed by atoms with van der Waals surface area (Å²) in [5.41, 5.74) is 5.72. The van der Waals surface area contributed by atoms with E-state index in [9.17, 15) is 0 Å². The van der Waals surface area contributed by atoms with Gasteiger partial charge in [0.25, 0.3) is 0 Å². The van der Waals surface area contributed by atoms with Crippen molar-refractivity contribution < 1.29 is 4.74 Å². The molecule has 4 nitrogen and oxygen atoms in total. The molecule has 0 aromatic carbocycles. The highest BCUT2D eigenvalue weighted by Crippen LogP contribution is 2.16. The van der Waals surface area contributed by atoms with E-state index in [-0.39, 0.29) is 0 Å². The summed E-state index contributed by atoms with van der Waals surface area (Å²) in [6.07, 6.45) is 3.74. The van der Waals surface area contributed by atoms with Crippen LogP contribution in [0.4, 0.5) is 0 Å². The van der Waals surface area contributed by atoms with E-state index in [1.807, 2.05) is 0 Å². The minimum atomic E-state index is 0.625. The molecule has 2 rings (SSSR count). The lowest BCUT2D eigenvalue weighted by molar-refractivity contribution is 0.0353. The number of ether oxygens (including phenoxy) is 1. The van der Waals surface area contributed by atoms with Gasteiger partial charge in [-0.15, -0.1) is 0 Å². The van der Waals surface area contributed by atoms with E-state index in [1.165, 1.54) is 45.4 Å². The standard InChI is InChI=1S/C14H29N3O/c1-13(11-15)12-16-5-2-6-17(8-7-16)14-3-9-18-10-4-14/h13-14H,2-12,15H2,1H3. The number of hydrogen-bond acceptors (Lipinski definition) is 4. The number of rotatable bonds is 4. The van der Waals surface area contributed by atoms with Gasteiger partial charge in [-0.1, -0.05) is 6.92 Å². The second kappa shape index (κ2) is 7.43. The highest BCUT2D eigenvalue weighted by molar-refractivity contribution is 4.79. The van der Waals surface area contributed by atoms with Gasteiger partial charge >= 0.3 is 0 Å². The van der Waals surface area contributed by atoms with Crippen LogP contribution < -0.4 is 5.73 Å². The van der Waals surface area contributed by atoms with Crippen LogP contribution in [-0.2, 0) is 4.74 Å². The quantitative estimate of drug-likeness (QED) is 0.805. The Bertz CT molecular complexity index is 231. The monoisotopic (exact) mass is 255 g/mol. The second-order valence-corrected chi connectivity index (χ2v) is 5.87. The van der Waals surface area contributed by atoms with Crippen LogP contribution in [0.1, 0.15) is 26.2 Å². The van der Waals surface area contributed by atoms with E-state index in [0.29, 0.717) is 5.92 Å². The predicted octanol–water partition coefficient (Wildman–Crippen LogP) is 0.768. The summed E-state index contributed by atoms with van der Waals surface area (Å²) < 4.78 is 5.46. The van der Waals surface area contributed by atoms with Crippen LogP contribution >= 0.6 is 0 Å². The normalized spacial score (nSPS) is 27.0. The molecule has 0 spiro atoms. The third-order valence-electron chi connectivity index (χ3n) is 4.30. The van der Waals surface area contributed by atoms with E-state index in [4.69, 9.17) is 10.5 Å². The summed E-state index contributed by atoms with van der Waals surface area (Å²) in [6, 6.07) is 0.769. The van der Waals surface area contributed by atoms with Gasteiger partial charge in [-0.3, -0.25) is 4.90 Å². The molecule has 1 unspecified atom stereocenters. The average Bonchev–Trinajstić information content (AvgIpc) is 2.65. The zero-order valence-corrected chi connectivity index (χ0v) is 11.8. The van der Waals surface area contributed by atoms with Gasteiger partial charge in [-0.25, -0.2) is 0 Å². The van der Waals surface area contributed by atoms with Gasteiger partial charge in [0.1, 0.15) is 0 Å². The molecule has 1 atom stereocenters. The Morgan fingerprint density at radius 2 is 1.94 bits per heavy atom. The second-order valence-electron chi connectivity index (χ2n) is 5.87. The van der Waals surface area contributed by atoms with Crippen molar-refractivity contribution in [2.75, 3.05) is 52.5 Å². The van der Waals surface area contributed by atoms with Crippen molar-refractivity contribution in [3.05, 3.63) is 0 Å². The lowest BCUT2D eigenvalue weighted by Crippen LogP contribution is -2.42. The number of nitrogens with two attached hydrogens (primary N) is 1. The molecule has 2 fully saturated rings. The Kier molecular flexibility index (Phi) is 5.89. The van der Waals surface area contributed by atoms with Crippen molar-refractivity contribution in [2.45, 2.75) is 32.2 Å². The van der Waals surface area contributed by atoms with E-state index in [1.54, 1.807) is 0 Å².